The molecule has 26 heavy (non-hydrogen) atoms. The maximum Gasteiger partial charge on any atom is 0.276 e. The molecule has 7 nitrogen and oxygen atoms in total. The van der Waals surface area contributed by atoms with E-state index < -0.39 is 0 Å². The van der Waals surface area contributed by atoms with Gasteiger partial charge in [0.1, 0.15) is 5.82 Å². The first-order chi connectivity index (χ1) is 12.7. The molecule has 1 amide bonds. The van der Waals surface area contributed by atoms with Gasteiger partial charge in [0.15, 0.2) is 11.5 Å². The van der Waals surface area contributed by atoms with Crippen molar-refractivity contribution in [3.05, 3.63) is 59.4 Å². The van der Waals surface area contributed by atoms with Crippen molar-refractivity contribution in [2.24, 2.45) is 0 Å². The summed E-state index contributed by atoms with van der Waals surface area (Å²) in [4.78, 5) is 14.6. The van der Waals surface area contributed by atoms with Crippen LogP contribution in [0.15, 0.2) is 47.0 Å². The molecule has 0 fully saturated rings. The number of rotatable bonds is 4. The van der Waals surface area contributed by atoms with Gasteiger partial charge in [-0.1, -0.05) is 35.5 Å². The smallest absolute Gasteiger partial charge is 0.276 e. The van der Waals surface area contributed by atoms with Crippen molar-refractivity contribution in [2.75, 3.05) is 18.4 Å². The Hall–Kier alpha value is -3.22. The first-order valence-electron chi connectivity index (χ1n) is 8.65. The summed E-state index contributed by atoms with van der Waals surface area (Å²) in [5.74, 6) is 1.18. The summed E-state index contributed by atoms with van der Waals surface area (Å²) >= 11 is 0. The molecule has 7 heteroatoms. The van der Waals surface area contributed by atoms with Crippen LogP contribution < -0.4 is 5.32 Å². The number of amides is 1. The minimum atomic E-state index is -0.136. The highest BCUT2D eigenvalue weighted by Crippen LogP contribution is 2.23. The molecule has 0 spiro atoms. The van der Waals surface area contributed by atoms with E-state index in [2.05, 4.69) is 20.7 Å². The summed E-state index contributed by atoms with van der Waals surface area (Å²) < 4.78 is 5.35. The Kier molecular flexibility index (Phi) is 4.35. The average molecular weight is 349 g/mol. The van der Waals surface area contributed by atoms with Crippen molar-refractivity contribution >= 4 is 11.7 Å². The minimum absolute atomic E-state index is 0.136. The van der Waals surface area contributed by atoms with Crippen LogP contribution in [0.4, 0.5) is 5.82 Å². The molecule has 0 unspecified atom stereocenters. The van der Waals surface area contributed by atoms with Crippen molar-refractivity contribution in [2.45, 2.75) is 19.9 Å². The molecule has 3 heterocycles. The van der Waals surface area contributed by atoms with Crippen LogP contribution in [-0.2, 0) is 13.0 Å². The van der Waals surface area contributed by atoms with Crippen LogP contribution in [-0.4, -0.2) is 39.3 Å². The normalized spacial score (nSPS) is 13.3. The Balaban J connectivity index is 1.53. The van der Waals surface area contributed by atoms with Gasteiger partial charge in [-0.3, -0.25) is 4.79 Å². The predicted molar refractivity (Wildman–Crippen MR) is 96.6 cm³/mol. The van der Waals surface area contributed by atoms with Crippen molar-refractivity contribution < 1.29 is 9.32 Å². The second-order valence-electron chi connectivity index (χ2n) is 6.15. The van der Waals surface area contributed by atoms with E-state index in [1.807, 2.05) is 43.3 Å². The molecule has 3 aromatic rings. The van der Waals surface area contributed by atoms with Crippen molar-refractivity contribution in [1.82, 2.24) is 20.3 Å². The van der Waals surface area contributed by atoms with Crippen LogP contribution in [0, 0.1) is 0 Å². The van der Waals surface area contributed by atoms with E-state index in [-0.39, 0.29) is 5.91 Å². The molecule has 0 atom stereocenters. The Morgan fingerprint density at radius 3 is 2.88 bits per heavy atom. The number of benzene rings is 1. The lowest BCUT2D eigenvalue weighted by molar-refractivity contribution is 0.0722. The standard InChI is InChI=1S/C19H19N5O2/c1-2-20-18-10-14-12-24(9-8-15(14)21-22-18)19(25)16-11-17(26-23-16)13-6-4-3-5-7-13/h3-7,10-11H,2,8-9,12H2,1H3,(H,20,22). The van der Waals surface area contributed by atoms with Crippen LogP contribution in [0.2, 0.25) is 0 Å². The number of anilines is 1. The number of fused-ring (bicyclic) bond motifs is 1. The van der Waals surface area contributed by atoms with Gasteiger partial charge in [-0.15, -0.1) is 5.10 Å². The van der Waals surface area contributed by atoms with Gasteiger partial charge in [-0.05, 0) is 18.6 Å². The number of carbonyl (C=O) groups excluding carboxylic acids is 1. The topological polar surface area (TPSA) is 84.2 Å². The molecule has 0 radical (unpaired) electrons. The number of carbonyl (C=O) groups is 1. The number of aromatic nitrogens is 3. The zero-order valence-corrected chi connectivity index (χ0v) is 14.5. The molecule has 4 rings (SSSR count). The Morgan fingerprint density at radius 1 is 1.23 bits per heavy atom. The Bertz CT molecular complexity index is 923. The van der Waals surface area contributed by atoms with Gasteiger partial charge in [0, 0.05) is 37.7 Å². The third kappa shape index (κ3) is 3.15. The zero-order valence-electron chi connectivity index (χ0n) is 14.5. The fourth-order valence-electron chi connectivity index (χ4n) is 3.05. The Morgan fingerprint density at radius 2 is 2.08 bits per heavy atom. The number of hydrogen-bond donors (Lipinski definition) is 1. The summed E-state index contributed by atoms with van der Waals surface area (Å²) in [6.45, 7) is 3.87. The first-order valence-corrected chi connectivity index (χ1v) is 8.65. The summed E-state index contributed by atoms with van der Waals surface area (Å²) in [6, 6.07) is 13.3. The van der Waals surface area contributed by atoms with Gasteiger partial charge in [-0.2, -0.15) is 5.10 Å². The van der Waals surface area contributed by atoms with E-state index in [1.54, 1.807) is 11.0 Å². The second kappa shape index (κ2) is 6.95. The molecular formula is C19H19N5O2. The van der Waals surface area contributed by atoms with Gasteiger partial charge in [0.25, 0.3) is 5.91 Å². The molecule has 1 aliphatic heterocycles. The first kappa shape index (κ1) is 16.3. The van der Waals surface area contributed by atoms with E-state index in [0.29, 0.717) is 31.0 Å². The molecule has 0 bridgehead atoms. The molecule has 1 aromatic carbocycles. The molecule has 132 valence electrons. The highest BCUT2D eigenvalue weighted by molar-refractivity contribution is 5.93. The number of hydrogen-bond acceptors (Lipinski definition) is 6. The zero-order chi connectivity index (χ0) is 17.9. The SMILES string of the molecule is CCNc1cc2c(nn1)CCN(C(=O)c1cc(-c3ccccc3)on1)C2. The highest BCUT2D eigenvalue weighted by atomic mass is 16.5. The maximum atomic E-state index is 12.8. The van der Waals surface area contributed by atoms with E-state index in [0.717, 1.165) is 29.2 Å². The largest absolute Gasteiger partial charge is 0.369 e. The third-order valence-corrected chi connectivity index (χ3v) is 4.37. The quantitative estimate of drug-likeness (QED) is 0.780. The number of nitrogens with one attached hydrogen (secondary N) is 1. The summed E-state index contributed by atoms with van der Waals surface area (Å²) in [7, 11) is 0. The summed E-state index contributed by atoms with van der Waals surface area (Å²) in [5, 5.41) is 15.5. The van der Waals surface area contributed by atoms with E-state index in [1.165, 1.54) is 0 Å². The fraction of sp³-hybridized carbons (Fsp3) is 0.263. The molecule has 1 N–H and O–H groups in total. The van der Waals surface area contributed by atoms with E-state index in [9.17, 15) is 4.79 Å². The van der Waals surface area contributed by atoms with Crippen LogP contribution >= 0.6 is 0 Å². The van der Waals surface area contributed by atoms with Gasteiger partial charge in [0.05, 0.1) is 5.69 Å². The van der Waals surface area contributed by atoms with E-state index in [4.69, 9.17) is 4.52 Å². The van der Waals surface area contributed by atoms with Crippen molar-refractivity contribution in [3.63, 3.8) is 0 Å². The summed E-state index contributed by atoms with van der Waals surface area (Å²) in [6.07, 6.45) is 0.684. The third-order valence-electron chi connectivity index (χ3n) is 4.37. The number of nitrogens with zero attached hydrogens (tertiary/aromatic N) is 4. The maximum absolute atomic E-state index is 12.8. The van der Waals surface area contributed by atoms with Crippen LogP contribution in [0.1, 0.15) is 28.7 Å². The highest BCUT2D eigenvalue weighted by Gasteiger charge is 2.25. The molecule has 2 aromatic heterocycles. The van der Waals surface area contributed by atoms with E-state index >= 15 is 0 Å². The molecule has 0 saturated carbocycles. The average Bonchev–Trinajstić information content (AvgIpc) is 3.18. The van der Waals surface area contributed by atoms with Gasteiger partial charge in [-0.25, -0.2) is 0 Å². The monoisotopic (exact) mass is 349 g/mol. The van der Waals surface area contributed by atoms with Gasteiger partial charge < -0.3 is 14.7 Å². The van der Waals surface area contributed by atoms with Crippen LogP contribution in [0.25, 0.3) is 11.3 Å². The lowest BCUT2D eigenvalue weighted by atomic mass is 10.1. The van der Waals surface area contributed by atoms with Gasteiger partial charge in [0.2, 0.25) is 0 Å². The fourth-order valence-corrected chi connectivity index (χ4v) is 3.05. The second-order valence-corrected chi connectivity index (χ2v) is 6.15. The van der Waals surface area contributed by atoms with Crippen LogP contribution in [0.5, 0.6) is 0 Å². The van der Waals surface area contributed by atoms with Gasteiger partial charge >= 0.3 is 0 Å². The van der Waals surface area contributed by atoms with Crippen molar-refractivity contribution in [3.8, 4) is 11.3 Å². The lowest BCUT2D eigenvalue weighted by Crippen LogP contribution is -2.36. The minimum Gasteiger partial charge on any atom is -0.369 e. The molecular weight excluding hydrogens is 330 g/mol. The van der Waals surface area contributed by atoms with Crippen molar-refractivity contribution in [1.29, 1.82) is 0 Å². The molecule has 0 saturated heterocycles. The molecule has 1 aliphatic rings. The lowest BCUT2D eigenvalue weighted by Gasteiger charge is -2.27. The van der Waals surface area contributed by atoms with Crippen LogP contribution in [0.3, 0.4) is 0 Å². The summed E-state index contributed by atoms with van der Waals surface area (Å²) in [5.41, 5.74) is 3.18. The predicted octanol–water partition coefficient (Wildman–Crippen LogP) is 2.76. The molecule has 0 aliphatic carbocycles. The Labute approximate surface area is 151 Å².